The van der Waals surface area contributed by atoms with Gasteiger partial charge in [-0.05, 0) is 57.0 Å². The zero-order valence-electron chi connectivity index (χ0n) is 15.0. The van der Waals surface area contributed by atoms with E-state index < -0.39 is 0 Å². The van der Waals surface area contributed by atoms with E-state index in [0.717, 1.165) is 11.1 Å². The highest BCUT2D eigenvalue weighted by molar-refractivity contribution is 5.76. The van der Waals surface area contributed by atoms with Crippen LogP contribution in [-0.2, 0) is 0 Å². The van der Waals surface area contributed by atoms with E-state index in [1.54, 1.807) is 0 Å². The molecule has 3 aromatic rings. The number of benzene rings is 3. The summed E-state index contributed by atoms with van der Waals surface area (Å²) < 4.78 is 0. The predicted octanol–water partition coefficient (Wildman–Crippen LogP) is 7.43. The first kappa shape index (κ1) is 17.0. The molecule has 0 nitrogen and oxygen atoms in total. The van der Waals surface area contributed by atoms with Gasteiger partial charge in [-0.15, -0.1) is 0 Å². The van der Waals surface area contributed by atoms with E-state index in [2.05, 4.69) is 93.7 Å². The predicted molar refractivity (Wildman–Crippen MR) is 112 cm³/mol. The van der Waals surface area contributed by atoms with E-state index in [1.165, 1.54) is 27.8 Å². The van der Waals surface area contributed by atoms with Gasteiger partial charge in [0.2, 0.25) is 0 Å². The standard InChI is InChI=1S/C25H24/c1-5-19-10-15-25(16-20(19)6-2)24-9-7-8-23(17-24)22-13-11-21(12-14-22)18(3)4/h5-18H,1-2H2,3-4H3. The molecule has 0 N–H and O–H groups in total. The molecule has 0 saturated carbocycles. The number of rotatable bonds is 5. The van der Waals surface area contributed by atoms with Crippen molar-refractivity contribution in [1.29, 1.82) is 0 Å². The Balaban J connectivity index is 1.99. The summed E-state index contributed by atoms with van der Waals surface area (Å²) in [4.78, 5) is 0. The topological polar surface area (TPSA) is 0 Å². The minimum Gasteiger partial charge on any atom is -0.0984 e. The molecule has 0 unspecified atom stereocenters. The average molecular weight is 324 g/mol. The van der Waals surface area contributed by atoms with Crippen molar-refractivity contribution in [3.63, 3.8) is 0 Å². The van der Waals surface area contributed by atoms with Crippen molar-refractivity contribution < 1.29 is 0 Å². The van der Waals surface area contributed by atoms with Crippen LogP contribution in [0, 0.1) is 0 Å². The summed E-state index contributed by atoms with van der Waals surface area (Å²) in [6.07, 6.45) is 3.75. The molecule has 0 bridgehead atoms. The lowest BCUT2D eigenvalue weighted by Gasteiger charge is -2.10. The Labute approximate surface area is 151 Å². The summed E-state index contributed by atoms with van der Waals surface area (Å²) in [7, 11) is 0. The van der Waals surface area contributed by atoms with Crippen LogP contribution in [0.5, 0.6) is 0 Å². The van der Waals surface area contributed by atoms with Gasteiger partial charge in [-0.1, -0.05) is 93.8 Å². The summed E-state index contributed by atoms with van der Waals surface area (Å²) in [6.45, 7) is 12.2. The Morgan fingerprint density at radius 1 is 0.640 bits per heavy atom. The van der Waals surface area contributed by atoms with Gasteiger partial charge in [-0.3, -0.25) is 0 Å². The molecule has 124 valence electrons. The van der Waals surface area contributed by atoms with Gasteiger partial charge in [0.15, 0.2) is 0 Å². The molecule has 0 radical (unpaired) electrons. The largest absolute Gasteiger partial charge is 0.0984 e. The van der Waals surface area contributed by atoms with Crippen molar-refractivity contribution in [2.75, 3.05) is 0 Å². The zero-order valence-corrected chi connectivity index (χ0v) is 15.0. The summed E-state index contributed by atoms with van der Waals surface area (Å²) in [6, 6.07) is 24.0. The summed E-state index contributed by atoms with van der Waals surface area (Å²) >= 11 is 0. The summed E-state index contributed by atoms with van der Waals surface area (Å²) in [5.74, 6) is 0.557. The lowest BCUT2D eigenvalue weighted by Crippen LogP contribution is -1.87. The lowest BCUT2D eigenvalue weighted by atomic mass is 9.95. The van der Waals surface area contributed by atoms with Gasteiger partial charge in [0.25, 0.3) is 0 Å². The second-order valence-electron chi connectivity index (χ2n) is 6.61. The van der Waals surface area contributed by atoms with Crippen molar-refractivity contribution in [3.05, 3.63) is 96.6 Å². The van der Waals surface area contributed by atoms with Crippen LogP contribution < -0.4 is 0 Å². The molecule has 0 aliphatic heterocycles. The van der Waals surface area contributed by atoms with Crippen LogP contribution in [0.25, 0.3) is 34.4 Å². The molecule has 0 aromatic heterocycles. The van der Waals surface area contributed by atoms with Gasteiger partial charge in [0, 0.05) is 0 Å². The molecule has 0 amide bonds. The fourth-order valence-electron chi connectivity index (χ4n) is 3.06. The van der Waals surface area contributed by atoms with Crippen molar-refractivity contribution in [2.45, 2.75) is 19.8 Å². The first-order valence-corrected chi connectivity index (χ1v) is 8.72. The third-order valence-electron chi connectivity index (χ3n) is 4.63. The smallest absolute Gasteiger partial charge is 0.0177 e. The summed E-state index contributed by atoms with van der Waals surface area (Å²) in [5, 5.41) is 0. The van der Waals surface area contributed by atoms with Crippen molar-refractivity contribution in [3.8, 4) is 22.3 Å². The Morgan fingerprint density at radius 3 is 1.80 bits per heavy atom. The Kier molecular flexibility index (Phi) is 5.00. The van der Waals surface area contributed by atoms with E-state index in [1.807, 2.05) is 12.2 Å². The normalized spacial score (nSPS) is 10.7. The molecule has 3 aromatic carbocycles. The van der Waals surface area contributed by atoms with E-state index in [9.17, 15) is 0 Å². The van der Waals surface area contributed by atoms with Gasteiger partial charge < -0.3 is 0 Å². The minimum absolute atomic E-state index is 0.557. The molecule has 0 heterocycles. The van der Waals surface area contributed by atoms with Gasteiger partial charge in [-0.25, -0.2) is 0 Å². The van der Waals surface area contributed by atoms with E-state index in [0.29, 0.717) is 5.92 Å². The molecular weight excluding hydrogens is 300 g/mol. The molecule has 0 fully saturated rings. The van der Waals surface area contributed by atoms with Crippen LogP contribution in [0.3, 0.4) is 0 Å². The van der Waals surface area contributed by atoms with Gasteiger partial charge in [0.1, 0.15) is 0 Å². The highest BCUT2D eigenvalue weighted by Crippen LogP contribution is 2.29. The lowest BCUT2D eigenvalue weighted by molar-refractivity contribution is 0.867. The Hall–Kier alpha value is -2.86. The zero-order chi connectivity index (χ0) is 17.8. The second-order valence-corrected chi connectivity index (χ2v) is 6.61. The number of hydrogen-bond acceptors (Lipinski definition) is 0. The van der Waals surface area contributed by atoms with Crippen LogP contribution in [0.15, 0.2) is 79.9 Å². The minimum atomic E-state index is 0.557. The molecule has 25 heavy (non-hydrogen) atoms. The molecule has 0 spiro atoms. The van der Waals surface area contributed by atoms with Crippen LogP contribution >= 0.6 is 0 Å². The van der Waals surface area contributed by atoms with E-state index in [-0.39, 0.29) is 0 Å². The molecule has 0 aliphatic rings. The van der Waals surface area contributed by atoms with Gasteiger partial charge >= 0.3 is 0 Å². The maximum atomic E-state index is 3.91. The highest BCUT2D eigenvalue weighted by atomic mass is 14.1. The first-order valence-electron chi connectivity index (χ1n) is 8.72. The van der Waals surface area contributed by atoms with Crippen LogP contribution in [0.4, 0.5) is 0 Å². The molecule has 3 rings (SSSR count). The van der Waals surface area contributed by atoms with Crippen molar-refractivity contribution >= 4 is 12.2 Å². The fourth-order valence-corrected chi connectivity index (χ4v) is 3.06. The molecule has 0 atom stereocenters. The molecule has 0 heteroatoms. The van der Waals surface area contributed by atoms with Crippen molar-refractivity contribution in [1.82, 2.24) is 0 Å². The molecule has 0 aliphatic carbocycles. The van der Waals surface area contributed by atoms with Gasteiger partial charge in [0.05, 0.1) is 0 Å². The van der Waals surface area contributed by atoms with Gasteiger partial charge in [-0.2, -0.15) is 0 Å². The van der Waals surface area contributed by atoms with Crippen LogP contribution in [-0.4, -0.2) is 0 Å². The van der Waals surface area contributed by atoms with Crippen LogP contribution in [0.2, 0.25) is 0 Å². The Bertz CT molecular complexity index is 896. The number of hydrogen-bond donors (Lipinski definition) is 0. The third-order valence-corrected chi connectivity index (χ3v) is 4.63. The van der Waals surface area contributed by atoms with Crippen molar-refractivity contribution in [2.24, 2.45) is 0 Å². The Morgan fingerprint density at radius 2 is 1.20 bits per heavy atom. The second kappa shape index (κ2) is 7.36. The van der Waals surface area contributed by atoms with Crippen LogP contribution in [0.1, 0.15) is 36.5 Å². The fraction of sp³-hybridized carbons (Fsp3) is 0.120. The maximum Gasteiger partial charge on any atom is -0.0177 e. The molecule has 0 saturated heterocycles. The maximum absolute atomic E-state index is 3.91. The van der Waals surface area contributed by atoms with E-state index >= 15 is 0 Å². The molecular formula is C25H24. The third kappa shape index (κ3) is 3.64. The highest BCUT2D eigenvalue weighted by Gasteiger charge is 2.05. The SMILES string of the molecule is C=Cc1ccc(-c2cccc(-c3ccc(C(C)C)cc3)c2)cc1C=C. The van der Waals surface area contributed by atoms with E-state index in [4.69, 9.17) is 0 Å². The monoisotopic (exact) mass is 324 g/mol. The quantitative estimate of drug-likeness (QED) is 0.458. The summed E-state index contributed by atoms with van der Waals surface area (Å²) in [5.41, 5.74) is 8.48. The average Bonchev–Trinajstić information content (AvgIpc) is 2.67. The first-order chi connectivity index (χ1) is 12.1.